The number of nitrogens with zero attached hydrogens (tertiary/aromatic N) is 2. The van der Waals surface area contributed by atoms with E-state index in [1.54, 1.807) is 0 Å². The van der Waals surface area contributed by atoms with Gasteiger partial charge in [0, 0.05) is 18.4 Å². The molecule has 1 saturated carbocycles. The number of amides is 1. The Labute approximate surface area is 93.1 Å². The molecule has 0 saturated heterocycles. The Morgan fingerprint density at radius 1 is 1.60 bits per heavy atom. The SMILES string of the molecule is CCC1CC1NC(=O)c1cnc(Cl)nc1. The monoisotopic (exact) mass is 225 g/mol. The van der Waals surface area contributed by atoms with Gasteiger partial charge in [0.05, 0.1) is 5.56 Å². The van der Waals surface area contributed by atoms with Crippen LogP contribution in [0.4, 0.5) is 0 Å². The second-order valence-corrected chi connectivity index (χ2v) is 4.06. The largest absolute Gasteiger partial charge is 0.349 e. The van der Waals surface area contributed by atoms with Gasteiger partial charge in [-0.15, -0.1) is 0 Å². The topological polar surface area (TPSA) is 54.9 Å². The molecule has 1 amide bonds. The maximum absolute atomic E-state index is 11.6. The van der Waals surface area contributed by atoms with E-state index in [0.717, 1.165) is 12.8 Å². The number of carbonyl (C=O) groups is 1. The smallest absolute Gasteiger partial charge is 0.254 e. The summed E-state index contributed by atoms with van der Waals surface area (Å²) in [4.78, 5) is 19.2. The highest BCUT2D eigenvalue weighted by atomic mass is 35.5. The number of hydrogen-bond donors (Lipinski definition) is 1. The molecule has 2 unspecified atom stereocenters. The Morgan fingerprint density at radius 3 is 2.80 bits per heavy atom. The summed E-state index contributed by atoms with van der Waals surface area (Å²) in [7, 11) is 0. The first-order chi connectivity index (χ1) is 7.20. The van der Waals surface area contributed by atoms with E-state index in [-0.39, 0.29) is 11.2 Å². The first kappa shape index (κ1) is 10.4. The van der Waals surface area contributed by atoms with Crippen LogP contribution >= 0.6 is 11.6 Å². The molecule has 0 spiro atoms. The quantitative estimate of drug-likeness (QED) is 0.796. The lowest BCUT2D eigenvalue weighted by atomic mass is 10.3. The maximum atomic E-state index is 11.6. The van der Waals surface area contributed by atoms with Crippen LogP contribution in [0.1, 0.15) is 30.1 Å². The summed E-state index contributed by atoms with van der Waals surface area (Å²) in [5.41, 5.74) is 0.459. The maximum Gasteiger partial charge on any atom is 0.254 e. The Balaban J connectivity index is 1.94. The Morgan fingerprint density at radius 2 is 2.27 bits per heavy atom. The lowest BCUT2D eigenvalue weighted by molar-refractivity contribution is 0.0948. The average molecular weight is 226 g/mol. The zero-order valence-corrected chi connectivity index (χ0v) is 9.16. The minimum atomic E-state index is -0.118. The van der Waals surface area contributed by atoms with Crippen LogP contribution in [-0.2, 0) is 0 Å². The van der Waals surface area contributed by atoms with E-state index >= 15 is 0 Å². The summed E-state index contributed by atoms with van der Waals surface area (Å²) in [6.45, 7) is 2.13. The van der Waals surface area contributed by atoms with Gasteiger partial charge in [-0.1, -0.05) is 13.3 Å². The van der Waals surface area contributed by atoms with Gasteiger partial charge in [-0.25, -0.2) is 9.97 Å². The molecule has 4 nitrogen and oxygen atoms in total. The van der Waals surface area contributed by atoms with Crippen LogP contribution in [-0.4, -0.2) is 21.9 Å². The fraction of sp³-hybridized carbons (Fsp3) is 0.500. The zero-order chi connectivity index (χ0) is 10.8. The summed E-state index contributed by atoms with van der Waals surface area (Å²) < 4.78 is 0. The van der Waals surface area contributed by atoms with E-state index in [2.05, 4.69) is 22.2 Å². The van der Waals surface area contributed by atoms with Gasteiger partial charge in [-0.05, 0) is 23.9 Å². The second kappa shape index (κ2) is 4.14. The molecule has 2 atom stereocenters. The van der Waals surface area contributed by atoms with Crippen molar-refractivity contribution in [1.29, 1.82) is 0 Å². The van der Waals surface area contributed by atoms with Crippen molar-refractivity contribution in [1.82, 2.24) is 15.3 Å². The van der Waals surface area contributed by atoms with Gasteiger partial charge in [0.1, 0.15) is 0 Å². The Kier molecular flexibility index (Phi) is 2.86. The van der Waals surface area contributed by atoms with E-state index < -0.39 is 0 Å². The van der Waals surface area contributed by atoms with Crippen molar-refractivity contribution in [3.05, 3.63) is 23.2 Å². The Bertz CT molecular complexity index is 365. The van der Waals surface area contributed by atoms with Gasteiger partial charge in [-0.2, -0.15) is 0 Å². The molecular formula is C10H12ClN3O. The van der Waals surface area contributed by atoms with E-state index in [4.69, 9.17) is 11.6 Å². The molecule has 2 rings (SSSR count). The molecule has 0 radical (unpaired) electrons. The predicted octanol–water partition coefficient (Wildman–Crippen LogP) is 1.66. The van der Waals surface area contributed by atoms with E-state index in [1.807, 2.05) is 0 Å². The number of rotatable bonds is 3. The normalized spacial score (nSPS) is 23.6. The average Bonchev–Trinajstić information content (AvgIpc) is 2.97. The third-order valence-corrected chi connectivity index (χ3v) is 2.84. The van der Waals surface area contributed by atoms with Crippen molar-refractivity contribution in [3.8, 4) is 0 Å². The van der Waals surface area contributed by atoms with Crippen LogP contribution < -0.4 is 5.32 Å². The number of hydrogen-bond acceptors (Lipinski definition) is 3. The third kappa shape index (κ3) is 2.45. The lowest BCUT2D eigenvalue weighted by Gasteiger charge is -2.02. The molecule has 1 aliphatic rings. The second-order valence-electron chi connectivity index (χ2n) is 3.72. The van der Waals surface area contributed by atoms with Gasteiger partial charge < -0.3 is 5.32 Å². The molecule has 0 bridgehead atoms. The molecule has 1 aromatic heterocycles. The van der Waals surface area contributed by atoms with Crippen LogP contribution in [0.5, 0.6) is 0 Å². The van der Waals surface area contributed by atoms with Crippen LogP contribution in [0.3, 0.4) is 0 Å². The minimum absolute atomic E-state index is 0.118. The first-order valence-electron chi connectivity index (χ1n) is 4.99. The van der Waals surface area contributed by atoms with E-state index in [1.165, 1.54) is 12.4 Å². The van der Waals surface area contributed by atoms with Gasteiger partial charge in [0.2, 0.25) is 5.28 Å². The number of nitrogens with one attached hydrogen (secondary N) is 1. The molecule has 0 aliphatic heterocycles. The highest BCUT2D eigenvalue weighted by Gasteiger charge is 2.36. The van der Waals surface area contributed by atoms with E-state index in [0.29, 0.717) is 17.5 Å². The molecule has 15 heavy (non-hydrogen) atoms. The molecule has 5 heteroatoms. The minimum Gasteiger partial charge on any atom is -0.349 e. The highest BCUT2D eigenvalue weighted by Crippen LogP contribution is 2.33. The lowest BCUT2D eigenvalue weighted by Crippen LogP contribution is -2.27. The molecule has 0 aromatic carbocycles. The van der Waals surface area contributed by atoms with Crippen molar-refractivity contribution in [2.75, 3.05) is 0 Å². The highest BCUT2D eigenvalue weighted by molar-refractivity contribution is 6.28. The van der Waals surface area contributed by atoms with Crippen LogP contribution in [0.25, 0.3) is 0 Å². The number of halogens is 1. The molecule has 80 valence electrons. The van der Waals surface area contributed by atoms with Gasteiger partial charge in [-0.3, -0.25) is 4.79 Å². The van der Waals surface area contributed by atoms with Crippen LogP contribution in [0.2, 0.25) is 5.28 Å². The summed E-state index contributed by atoms with van der Waals surface area (Å²) in [5.74, 6) is 0.523. The van der Waals surface area contributed by atoms with E-state index in [9.17, 15) is 4.79 Å². The van der Waals surface area contributed by atoms with Crippen LogP contribution in [0, 0.1) is 5.92 Å². The summed E-state index contributed by atoms with van der Waals surface area (Å²) in [5, 5.41) is 3.09. The van der Waals surface area contributed by atoms with Gasteiger partial charge >= 0.3 is 0 Å². The summed E-state index contributed by atoms with van der Waals surface area (Å²) in [6, 6.07) is 0.332. The fourth-order valence-electron chi connectivity index (χ4n) is 1.56. The van der Waals surface area contributed by atoms with Crippen molar-refractivity contribution >= 4 is 17.5 Å². The number of carbonyl (C=O) groups excluding carboxylic acids is 1. The predicted molar refractivity (Wildman–Crippen MR) is 56.7 cm³/mol. The molecular weight excluding hydrogens is 214 g/mol. The van der Waals surface area contributed by atoms with Crippen LogP contribution in [0.15, 0.2) is 12.4 Å². The molecule has 1 aromatic rings. The third-order valence-electron chi connectivity index (χ3n) is 2.65. The molecule has 1 aliphatic carbocycles. The Hall–Kier alpha value is -1.16. The summed E-state index contributed by atoms with van der Waals surface area (Å²) >= 11 is 5.53. The molecule has 1 N–H and O–H groups in total. The number of aromatic nitrogens is 2. The molecule has 1 fully saturated rings. The standard InChI is InChI=1S/C10H12ClN3O/c1-2-6-3-8(6)14-9(15)7-4-12-10(11)13-5-7/h4-6,8H,2-3H2,1H3,(H,14,15). The van der Waals surface area contributed by atoms with Crippen molar-refractivity contribution in [2.45, 2.75) is 25.8 Å². The van der Waals surface area contributed by atoms with Crippen molar-refractivity contribution in [2.24, 2.45) is 5.92 Å². The van der Waals surface area contributed by atoms with Gasteiger partial charge in [0.15, 0.2) is 0 Å². The summed E-state index contributed by atoms with van der Waals surface area (Å²) in [6.07, 6.45) is 5.07. The fourth-order valence-corrected chi connectivity index (χ4v) is 1.65. The first-order valence-corrected chi connectivity index (χ1v) is 5.37. The molecule has 1 heterocycles. The zero-order valence-electron chi connectivity index (χ0n) is 8.40. The van der Waals surface area contributed by atoms with Crippen molar-refractivity contribution in [3.63, 3.8) is 0 Å². The van der Waals surface area contributed by atoms with Crippen molar-refractivity contribution < 1.29 is 4.79 Å². The van der Waals surface area contributed by atoms with Gasteiger partial charge in [0.25, 0.3) is 5.91 Å².